The lowest BCUT2D eigenvalue weighted by atomic mass is 10.1. The van der Waals surface area contributed by atoms with Gasteiger partial charge in [-0.2, -0.15) is 5.10 Å². The molecule has 0 unspecified atom stereocenters. The van der Waals surface area contributed by atoms with Gasteiger partial charge in [-0.3, -0.25) is 15.1 Å². The van der Waals surface area contributed by atoms with Gasteiger partial charge in [0.2, 0.25) is 0 Å². The Morgan fingerprint density at radius 3 is 2.70 bits per heavy atom. The van der Waals surface area contributed by atoms with Gasteiger partial charge in [-0.25, -0.2) is 4.98 Å². The van der Waals surface area contributed by atoms with Gasteiger partial charge in [0.15, 0.2) is 5.82 Å². The molecule has 0 aliphatic rings. The van der Waals surface area contributed by atoms with E-state index in [0.29, 0.717) is 0 Å². The lowest BCUT2D eigenvalue weighted by Crippen LogP contribution is -1.85. The maximum absolute atomic E-state index is 4.93. The zero-order valence-corrected chi connectivity index (χ0v) is 16.9. The summed E-state index contributed by atoms with van der Waals surface area (Å²) >= 11 is 1.78. The fourth-order valence-corrected chi connectivity index (χ4v) is 4.59. The highest BCUT2D eigenvalue weighted by molar-refractivity contribution is 7.15. The third-order valence-corrected chi connectivity index (χ3v) is 6.20. The Labute approximate surface area is 175 Å². The van der Waals surface area contributed by atoms with E-state index in [4.69, 9.17) is 4.98 Å². The van der Waals surface area contributed by atoms with Crippen molar-refractivity contribution in [1.29, 1.82) is 0 Å². The fourth-order valence-electron chi connectivity index (χ4n) is 3.70. The number of hydrogen-bond acceptors (Lipinski definition) is 5. The average Bonchev–Trinajstić information content (AvgIpc) is 3.51. The van der Waals surface area contributed by atoms with E-state index in [1.807, 2.05) is 24.4 Å². The van der Waals surface area contributed by atoms with Crippen LogP contribution in [0, 0.1) is 6.92 Å². The van der Waals surface area contributed by atoms with E-state index in [0.717, 1.165) is 50.3 Å². The lowest BCUT2D eigenvalue weighted by Gasteiger charge is -2.00. The summed E-state index contributed by atoms with van der Waals surface area (Å²) in [5, 5.41) is 8.59. The van der Waals surface area contributed by atoms with E-state index in [-0.39, 0.29) is 0 Å². The smallest absolute Gasteiger partial charge is 0.159 e. The van der Waals surface area contributed by atoms with Crippen LogP contribution in [0.1, 0.15) is 4.88 Å². The summed E-state index contributed by atoms with van der Waals surface area (Å²) in [5.41, 5.74) is 6.62. The molecule has 0 aliphatic heterocycles. The van der Waals surface area contributed by atoms with E-state index in [1.54, 1.807) is 23.7 Å². The van der Waals surface area contributed by atoms with Crippen LogP contribution < -0.4 is 0 Å². The second kappa shape index (κ2) is 6.60. The maximum atomic E-state index is 4.93. The van der Waals surface area contributed by atoms with Crippen molar-refractivity contribution in [1.82, 2.24) is 30.1 Å². The quantitative estimate of drug-likeness (QED) is 0.399. The largest absolute Gasteiger partial charge is 0.337 e. The Kier molecular flexibility index (Phi) is 3.75. The van der Waals surface area contributed by atoms with Crippen LogP contribution >= 0.6 is 11.3 Å². The molecule has 6 rings (SSSR count). The minimum Gasteiger partial charge on any atom is -0.337 e. The Hall–Kier alpha value is -3.84. The molecule has 0 radical (unpaired) electrons. The molecule has 5 aromatic heterocycles. The molecule has 1 aromatic carbocycles. The Morgan fingerprint density at radius 2 is 1.87 bits per heavy atom. The summed E-state index contributed by atoms with van der Waals surface area (Å²) in [4.78, 5) is 19.5. The average molecular weight is 408 g/mol. The summed E-state index contributed by atoms with van der Waals surface area (Å²) in [6.07, 6.45) is 5.35. The van der Waals surface area contributed by atoms with Gasteiger partial charge < -0.3 is 4.98 Å². The number of nitrogens with zero attached hydrogens (tertiary/aromatic N) is 4. The number of aromatic nitrogens is 6. The number of H-pyrrole nitrogens is 2. The first kappa shape index (κ1) is 17.1. The molecule has 6 aromatic rings. The second-order valence-corrected chi connectivity index (χ2v) is 8.41. The summed E-state index contributed by atoms with van der Waals surface area (Å²) in [7, 11) is 0. The number of nitrogens with one attached hydrogen (secondary N) is 2. The molecule has 0 amide bonds. The molecule has 0 atom stereocenters. The van der Waals surface area contributed by atoms with E-state index in [2.05, 4.69) is 62.4 Å². The van der Waals surface area contributed by atoms with Crippen molar-refractivity contribution in [2.24, 2.45) is 0 Å². The molecule has 7 heteroatoms. The molecular weight excluding hydrogens is 392 g/mol. The molecule has 0 spiro atoms. The highest BCUT2D eigenvalue weighted by atomic mass is 32.1. The van der Waals surface area contributed by atoms with Crippen LogP contribution in [-0.4, -0.2) is 30.1 Å². The van der Waals surface area contributed by atoms with Gasteiger partial charge in [-0.05, 0) is 43.3 Å². The first-order chi connectivity index (χ1) is 14.8. The van der Waals surface area contributed by atoms with Crippen molar-refractivity contribution in [3.05, 3.63) is 72.0 Å². The summed E-state index contributed by atoms with van der Waals surface area (Å²) < 4.78 is 0. The van der Waals surface area contributed by atoms with Gasteiger partial charge >= 0.3 is 0 Å². The molecule has 0 aliphatic carbocycles. The predicted molar refractivity (Wildman–Crippen MR) is 120 cm³/mol. The molecule has 0 fully saturated rings. The molecule has 5 heterocycles. The van der Waals surface area contributed by atoms with Crippen LogP contribution in [0.4, 0.5) is 0 Å². The molecule has 144 valence electrons. The third kappa shape index (κ3) is 2.71. The Balaban J connectivity index is 1.52. The van der Waals surface area contributed by atoms with E-state index < -0.39 is 0 Å². The monoisotopic (exact) mass is 408 g/mol. The number of rotatable bonds is 3. The molecule has 0 bridgehead atoms. The number of fused-ring (bicyclic) bond motifs is 2. The lowest BCUT2D eigenvalue weighted by molar-refractivity contribution is 1.10. The van der Waals surface area contributed by atoms with E-state index >= 15 is 0 Å². The first-order valence-corrected chi connectivity index (χ1v) is 10.4. The number of imidazole rings is 1. The van der Waals surface area contributed by atoms with Gasteiger partial charge in [-0.15, -0.1) is 11.3 Å². The first-order valence-electron chi connectivity index (χ1n) is 9.57. The minimum atomic E-state index is 0.740. The molecule has 6 nitrogen and oxygen atoms in total. The zero-order valence-electron chi connectivity index (χ0n) is 16.0. The summed E-state index contributed by atoms with van der Waals surface area (Å²) in [5.74, 6) is 0.740. The molecular formula is C23H16N6S. The van der Waals surface area contributed by atoms with Gasteiger partial charge in [0.05, 0.1) is 28.4 Å². The number of benzene rings is 1. The van der Waals surface area contributed by atoms with Gasteiger partial charge in [-0.1, -0.05) is 12.1 Å². The Morgan fingerprint density at radius 1 is 0.967 bits per heavy atom. The van der Waals surface area contributed by atoms with Gasteiger partial charge in [0, 0.05) is 38.7 Å². The van der Waals surface area contributed by atoms with Crippen LogP contribution in [-0.2, 0) is 0 Å². The summed E-state index contributed by atoms with van der Waals surface area (Å²) in [6, 6.07) is 16.5. The normalized spacial score (nSPS) is 11.5. The maximum Gasteiger partial charge on any atom is 0.159 e. The number of aryl methyl sites for hydroxylation is 1. The second-order valence-electron chi connectivity index (χ2n) is 7.12. The minimum absolute atomic E-state index is 0.740. The van der Waals surface area contributed by atoms with Crippen molar-refractivity contribution < 1.29 is 0 Å². The van der Waals surface area contributed by atoms with E-state index in [1.165, 1.54) is 9.75 Å². The number of aromatic amines is 2. The topological polar surface area (TPSA) is 83.1 Å². The highest BCUT2D eigenvalue weighted by Crippen LogP contribution is 2.35. The van der Waals surface area contributed by atoms with Crippen molar-refractivity contribution in [3.63, 3.8) is 0 Å². The van der Waals surface area contributed by atoms with Gasteiger partial charge in [0.1, 0.15) is 5.69 Å². The SMILES string of the molecule is Cc1ccc(-c2cccc3[nH]c(-c4n[nH]c5cnc(-c6ccncc6)cc45)nc23)s1. The van der Waals surface area contributed by atoms with Crippen molar-refractivity contribution in [3.8, 4) is 33.2 Å². The number of pyridine rings is 2. The number of thiophene rings is 1. The number of hydrogen-bond donors (Lipinski definition) is 2. The third-order valence-electron chi connectivity index (χ3n) is 5.17. The van der Waals surface area contributed by atoms with Crippen molar-refractivity contribution >= 4 is 33.3 Å². The summed E-state index contributed by atoms with van der Waals surface area (Å²) in [6.45, 7) is 2.12. The van der Waals surface area contributed by atoms with Crippen LogP contribution in [0.2, 0.25) is 0 Å². The van der Waals surface area contributed by atoms with Crippen LogP contribution in [0.15, 0.2) is 67.1 Å². The number of para-hydroxylation sites is 1. The standard InChI is InChI=1S/C23H16N6S/c1-13-5-6-20(30-13)15-3-2-4-17-21(15)27-23(26-17)22-16-11-18(14-7-9-24-10-8-14)25-12-19(16)28-29-22/h2-12H,1H3,(H,26,27)(H,28,29). The van der Waals surface area contributed by atoms with Crippen LogP contribution in [0.25, 0.3) is 55.2 Å². The Bertz CT molecular complexity index is 1510. The molecule has 2 N–H and O–H groups in total. The van der Waals surface area contributed by atoms with Crippen molar-refractivity contribution in [2.45, 2.75) is 6.92 Å². The fraction of sp³-hybridized carbons (Fsp3) is 0.0435. The molecule has 0 saturated carbocycles. The molecule has 0 saturated heterocycles. The predicted octanol–water partition coefficient (Wildman–Crippen LogP) is 5.60. The van der Waals surface area contributed by atoms with Crippen LogP contribution in [0.3, 0.4) is 0 Å². The van der Waals surface area contributed by atoms with Crippen LogP contribution in [0.5, 0.6) is 0 Å². The molecule has 30 heavy (non-hydrogen) atoms. The van der Waals surface area contributed by atoms with E-state index in [9.17, 15) is 0 Å². The van der Waals surface area contributed by atoms with Gasteiger partial charge in [0.25, 0.3) is 0 Å². The highest BCUT2D eigenvalue weighted by Gasteiger charge is 2.16. The zero-order chi connectivity index (χ0) is 20.1. The van der Waals surface area contributed by atoms with Crippen molar-refractivity contribution in [2.75, 3.05) is 0 Å².